The molecule has 0 aromatic heterocycles. The SMILES string of the molecule is CCCOc1ccc(N)cc1N.Cl.Cl.Cl.Cl. The van der Waals surface area contributed by atoms with Crippen molar-refractivity contribution in [3.63, 3.8) is 0 Å². The third kappa shape index (κ3) is 7.99. The number of nitrogen functional groups attached to an aromatic ring is 2. The molecule has 0 amide bonds. The summed E-state index contributed by atoms with van der Waals surface area (Å²) < 4.78 is 5.36. The van der Waals surface area contributed by atoms with Gasteiger partial charge < -0.3 is 16.2 Å². The molecule has 0 bridgehead atoms. The summed E-state index contributed by atoms with van der Waals surface area (Å²) in [5, 5.41) is 0. The molecule has 0 fully saturated rings. The van der Waals surface area contributed by atoms with Crippen LogP contribution in [0.1, 0.15) is 13.3 Å². The van der Waals surface area contributed by atoms with Gasteiger partial charge in [-0.15, -0.1) is 49.6 Å². The lowest BCUT2D eigenvalue weighted by molar-refractivity contribution is 0.319. The third-order valence-corrected chi connectivity index (χ3v) is 1.50. The number of hydrogen-bond donors (Lipinski definition) is 2. The van der Waals surface area contributed by atoms with Gasteiger partial charge in [-0.2, -0.15) is 0 Å². The van der Waals surface area contributed by atoms with Gasteiger partial charge in [-0.25, -0.2) is 0 Å². The summed E-state index contributed by atoms with van der Waals surface area (Å²) in [6.07, 6.45) is 0.976. The van der Waals surface area contributed by atoms with Gasteiger partial charge in [0.25, 0.3) is 0 Å². The molecule has 0 aliphatic carbocycles. The minimum Gasteiger partial charge on any atom is -0.491 e. The second-order valence-corrected chi connectivity index (χ2v) is 2.65. The van der Waals surface area contributed by atoms with Gasteiger partial charge in [-0.3, -0.25) is 0 Å². The van der Waals surface area contributed by atoms with Gasteiger partial charge in [0, 0.05) is 5.69 Å². The van der Waals surface area contributed by atoms with Crippen molar-refractivity contribution in [2.24, 2.45) is 0 Å². The molecule has 0 heterocycles. The molecule has 0 saturated carbocycles. The van der Waals surface area contributed by atoms with E-state index in [9.17, 15) is 0 Å². The third-order valence-electron chi connectivity index (χ3n) is 1.50. The zero-order chi connectivity index (χ0) is 8.97. The molecular weight excluding hydrogens is 294 g/mol. The number of anilines is 2. The summed E-state index contributed by atoms with van der Waals surface area (Å²) in [4.78, 5) is 0. The maximum atomic E-state index is 5.66. The van der Waals surface area contributed by atoms with Crippen LogP contribution in [0.3, 0.4) is 0 Å². The highest BCUT2D eigenvalue weighted by molar-refractivity contribution is 5.86. The summed E-state index contributed by atoms with van der Waals surface area (Å²) in [5.74, 6) is 0.714. The van der Waals surface area contributed by atoms with Gasteiger partial charge in [0.15, 0.2) is 0 Å². The summed E-state index contributed by atoms with van der Waals surface area (Å²) in [6, 6.07) is 5.27. The van der Waals surface area contributed by atoms with Crippen molar-refractivity contribution in [2.45, 2.75) is 13.3 Å². The molecule has 0 unspecified atom stereocenters. The zero-order valence-corrected chi connectivity index (χ0v) is 12.1. The van der Waals surface area contributed by atoms with Crippen molar-refractivity contribution < 1.29 is 4.74 Å². The van der Waals surface area contributed by atoms with E-state index in [4.69, 9.17) is 16.2 Å². The largest absolute Gasteiger partial charge is 0.491 e. The van der Waals surface area contributed by atoms with Gasteiger partial charge in [0.05, 0.1) is 12.3 Å². The number of ether oxygens (including phenoxy) is 1. The molecule has 4 N–H and O–H groups in total. The lowest BCUT2D eigenvalue weighted by Gasteiger charge is -2.07. The fourth-order valence-electron chi connectivity index (χ4n) is 0.910. The van der Waals surface area contributed by atoms with Crippen molar-refractivity contribution in [3.8, 4) is 5.75 Å². The second-order valence-electron chi connectivity index (χ2n) is 2.65. The molecule has 1 aromatic rings. The Morgan fingerprint density at radius 1 is 1.06 bits per heavy atom. The van der Waals surface area contributed by atoms with E-state index in [0.29, 0.717) is 23.7 Å². The predicted octanol–water partition coefficient (Wildman–Crippen LogP) is 3.33. The molecule has 0 saturated heterocycles. The predicted molar refractivity (Wildman–Crippen MR) is 80.0 cm³/mol. The van der Waals surface area contributed by atoms with Crippen LogP contribution < -0.4 is 16.2 Å². The maximum absolute atomic E-state index is 5.66. The van der Waals surface area contributed by atoms with Gasteiger partial charge in [-0.05, 0) is 24.6 Å². The van der Waals surface area contributed by atoms with Crippen molar-refractivity contribution >= 4 is 61.0 Å². The standard InChI is InChI=1S/C9H14N2O.4ClH/c1-2-5-12-9-4-3-7(10)6-8(9)11;;;;/h3-4,6H,2,5,10-11H2,1H3;4*1H. The van der Waals surface area contributed by atoms with Gasteiger partial charge >= 0.3 is 0 Å². The number of benzene rings is 1. The quantitative estimate of drug-likeness (QED) is 0.842. The number of halogens is 4. The van der Waals surface area contributed by atoms with E-state index in [0.717, 1.165) is 6.42 Å². The van der Waals surface area contributed by atoms with Crippen molar-refractivity contribution in [1.82, 2.24) is 0 Å². The zero-order valence-electron chi connectivity index (χ0n) is 8.84. The van der Waals surface area contributed by atoms with Crippen LogP contribution in [0, 0.1) is 0 Å². The monoisotopic (exact) mass is 310 g/mol. The maximum Gasteiger partial charge on any atom is 0.142 e. The molecule has 0 atom stereocenters. The highest BCUT2D eigenvalue weighted by atomic mass is 35.5. The number of hydrogen-bond acceptors (Lipinski definition) is 3. The molecule has 0 aliphatic rings. The lowest BCUT2D eigenvalue weighted by atomic mass is 10.2. The summed E-state index contributed by atoms with van der Waals surface area (Å²) >= 11 is 0. The van der Waals surface area contributed by atoms with Gasteiger partial charge in [0.2, 0.25) is 0 Å². The van der Waals surface area contributed by atoms with Crippen LogP contribution in [0.5, 0.6) is 5.75 Å². The minimum absolute atomic E-state index is 0. The Balaban J connectivity index is -0.000000180. The smallest absolute Gasteiger partial charge is 0.142 e. The van der Waals surface area contributed by atoms with Crippen LogP contribution in [0.2, 0.25) is 0 Å². The summed E-state index contributed by atoms with van der Waals surface area (Å²) in [7, 11) is 0. The lowest BCUT2D eigenvalue weighted by Crippen LogP contribution is -1.99. The average molecular weight is 312 g/mol. The number of nitrogens with two attached hydrogens (primary N) is 2. The van der Waals surface area contributed by atoms with Crippen LogP contribution >= 0.6 is 49.6 Å². The van der Waals surface area contributed by atoms with Gasteiger partial charge in [-0.1, -0.05) is 6.92 Å². The van der Waals surface area contributed by atoms with Crippen LogP contribution in [-0.4, -0.2) is 6.61 Å². The Hall–Kier alpha value is -0.220. The first-order chi connectivity index (χ1) is 5.74. The van der Waals surface area contributed by atoms with E-state index in [1.54, 1.807) is 18.2 Å². The van der Waals surface area contributed by atoms with Crippen LogP contribution in [0.25, 0.3) is 0 Å². The average Bonchev–Trinajstić information content (AvgIpc) is 2.03. The summed E-state index contributed by atoms with van der Waals surface area (Å²) in [5.41, 5.74) is 12.4. The first-order valence-electron chi connectivity index (χ1n) is 4.02. The Kier molecular flexibility index (Phi) is 19.9. The molecular formula is C9H18Cl4N2O. The fraction of sp³-hybridized carbons (Fsp3) is 0.333. The first-order valence-corrected chi connectivity index (χ1v) is 4.02. The molecule has 3 nitrogen and oxygen atoms in total. The van der Waals surface area contributed by atoms with Crippen LogP contribution in [0.4, 0.5) is 11.4 Å². The molecule has 16 heavy (non-hydrogen) atoms. The Labute approximate surface area is 121 Å². The van der Waals surface area contributed by atoms with E-state index in [1.165, 1.54) is 0 Å². The Morgan fingerprint density at radius 3 is 2.06 bits per heavy atom. The molecule has 0 aliphatic heterocycles. The first kappa shape index (κ1) is 24.8. The molecule has 7 heteroatoms. The van der Waals surface area contributed by atoms with Gasteiger partial charge in [0.1, 0.15) is 5.75 Å². The highest BCUT2D eigenvalue weighted by Gasteiger charge is 1.98. The van der Waals surface area contributed by atoms with E-state index >= 15 is 0 Å². The summed E-state index contributed by atoms with van der Waals surface area (Å²) in [6.45, 7) is 2.74. The van der Waals surface area contributed by atoms with Crippen LogP contribution in [0.15, 0.2) is 18.2 Å². The Bertz CT molecular complexity index is 274. The van der Waals surface area contributed by atoms with Crippen LogP contribution in [-0.2, 0) is 0 Å². The fourth-order valence-corrected chi connectivity index (χ4v) is 0.910. The Morgan fingerprint density at radius 2 is 1.62 bits per heavy atom. The van der Waals surface area contributed by atoms with E-state index in [-0.39, 0.29) is 49.6 Å². The number of rotatable bonds is 3. The molecule has 0 radical (unpaired) electrons. The molecule has 1 rings (SSSR count). The molecule has 98 valence electrons. The highest BCUT2D eigenvalue weighted by Crippen LogP contribution is 2.23. The van der Waals surface area contributed by atoms with Crippen molar-refractivity contribution in [2.75, 3.05) is 18.1 Å². The normalized spacial score (nSPS) is 7.31. The molecule has 1 aromatic carbocycles. The van der Waals surface area contributed by atoms with E-state index in [2.05, 4.69) is 0 Å². The second kappa shape index (κ2) is 12.8. The van der Waals surface area contributed by atoms with E-state index < -0.39 is 0 Å². The van der Waals surface area contributed by atoms with Crippen molar-refractivity contribution in [1.29, 1.82) is 0 Å². The minimum atomic E-state index is 0. The molecule has 0 spiro atoms. The van der Waals surface area contributed by atoms with E-state index in [1.807, 2.05) is 6.92 Å². The topological polar surface area (TPSA) is 61.3 Å². The van der Waals surface area contributed by atoms with Crippen molar-refractivity contribution in [3.05, 3.63) is 18.2 Å².